The molecular weight excluding hydrogens is 316 g/mol. The maximum Gasteiger partial charge on any atom is 0.163 e. The normalized spacial score (nSPS) is 12.2. The SMILES string of the molecule is C[S@@](=O)Cc1cc(NCc2cccc(F)c2F)ccc1Cl. The highest BCUT2D eigenvalue weighted by Crippen LogP contribution is 2.22. The van der Waals surface area contributed by atoms with E-state index in [-0.39, 0.29) is 12.1 Å². The Morgan fingerprint density at radius 3 is 2.67 bits per heavy atom. The Hall–Kier alpha value is -1.46. The predicted molar refractivity (Wildman–Crippen MR) is 82.9 cm³/mol. The zero-order valence-corrected chi connectivity index (χ0v) is 12.9. The Bertz CT molecular complexity index is 679. The van der Waals surface area contributed by atoms with Crippen LogP contribution < -0.4 is 5.32 Å². The van der Waals surface area contributed by atoms with Gasteiger partial charge in [0.25, 0.3) is 0 Å². The van der Waals surface area contributed by atoms with Gasteiger partial charge in [-0.3, -0.25) is 4.21 Å². The van der Waals surface area contributed by atoms with E-state index in [1.54, 1.807) is 24.5 Å². The summed E-state index contributed by atoms with van der Waals surface area (Å²) in [6, 6.07) is 9.25. The zero-order valence-electron chi connectivity index (χ0n) is 11.3. The van der Waals surface area contributed by atoms with E-state index < -0.39 is 22.4 Å². The van der Waals surface area contributed by atoms with Crippen molar-refractivity contribution in [3.8, 4) is 0 Å². The van der Waals surface area contributed by atoms with E-state index in [1.807, 2.05) is 0 Å². The average molecular weight is 330 g/mol. The lowest BCUT2D eigenvalue weighted by atomic mass is 10.2. The van der Waals surface area contributed by atoms with Crippen LogP contribution in [0, 0.1) is 11.6 Å². The van der Waals surface area contributed by atoms with Crippen molar-refractivity contribution in [1.29, 1.82) is 0 Å². The third kappa shape index (κ3) is 4.25. The predicted octanol–water partition coefficient (Wildman–Crippen LogP) is 4.11. The van der Waals surface area contributed by atoms with E-state index >= 15 is 0 Å². The molecule has 2 nitrogen and oxygen atoms in total. The van der Waals surface area contributed by atoms with Crippen LogP contribution in [0.15, 0.2) is 36.4 Å². The fourth-order valence-corrected chi connectivity index (χ4v) is 2.84. The fourth-order valence-electron chi connectivity index (χ4n) is 1.90. The van der Waals surface area contributed by atoms with Gasteiger partial charge < -0.3 is 5.32 Å². The van der Waals surface area contributed by atoms with Gasteiger partial charge in [-0.25, -0.2) is 8.78 Å². The lowest BCUT2D eigenvalue weighted by Gasteiger charge is -2.10. The number of nitrogens with one attached hydrogen (secondary N) is 1. The molecule has 112 valence electrons. The maximum atomic E-state index is 13.5. The minimum absolute atomic E-state index is 0.153. The summed E-state index contributed by atoms with van der Waals surface area (Å²) < 4.78 is 37.9. The van der Waals surface area contributed by atoms with E-state index in [0.29, 0.717) is 16.5 Å². The van der Waals surface area contributed by atoms with Crippen LogP contribution in [0.25, 0.3) is 0 Å². The van der Waals surface area contributed by atoms with Crippen LogP contribution in [-0.2, 0) is 23.1 Å². The third-order valence-corrected chi connectivity index (χ3v) is 4.01. The molecule has 0 spiro atoms. The molecule has 0 aliphatic carbocycles. The van der Waals surface area contributed by atoms with E-state index in [4.69, 9.17) is 11.6 Å². The summed E-state index contributed by atoms with van der Waals surface area (Å²) in [4.78, 5) is 0. The zero-order chi connectivity index (χ0) is 15.4. The minimum Gasteiger partial charge on any atom is -0.381 e. The topological polar surface area (TPSA) is 29.1 Å². The maximum absolute atomic E-state index is 13.5. The Morgan fingerprint density at radius 2 is 1.95 bits per heavy atom. The molecule has 2 rings (SSSR count). The molecule has 0 unspecified atom stereocenters. The number of rotatable bonds is 5. The van der Waals surface area contributed by atoms with Crippen LogP contribution in [-0.4, -0.2) is 10.5 Å². The second kappa shape index (κ2) is 7.00. The van der Waals surface area contributed by atoms with Crippen molar-refractivity contribution in [2.45, 2.75) is 12.3 Å². The molecule has 6 heteroatoms. The molecule has 1 atom stereocenters. The summed E-state index contributed by atoms with van der Waals surface area (Å²) >= 11 is 6.03. The minimum atomic E-state index is -1.00. The summed E-state index contributed by atoms with van der Waals surface area (Å²) in [5.74, 6) is -1.37. The highest BCUT2D eigenvalue weighted by molar-refractivity contribution is 7.83. The van der Waals surface area contributed by atoms with Crippen molar-refractivity contribution in [2.75, 3.05) is 11.6 Å². The number of hydrogen-bond acceptors (Lipinski definition) is 2. The molecule has 0 fully saturated rings. The first kappa shape index (κ1) is 15.9. The van der Waals surface area contributed by atoms with Gasteiger partial charge in [0, 0.05) is 45.6 Å². The molecule has 1 N–H and O–H groups in total. The molecular formula is C15H14ClF2NOS. The van der Waals surface area contributed by atoms with Gasteiger partial charge in [-0.05, 0) is 29.8 Å². The van der Waals surface area contributed by atoms with E-state index in [0.717, 1.165) is 11.6 Å². The van der Waals surface area contributed by atoms with Gasteiger partial charge in [0.2, 0.25) is 0 Å². The summed E-state index contributed by atoms with van der Waals surface area (Å²) in [6.45, 7) is 0.153. The van der Waals surface area contributed by atoms with Crippen molar-refractivity contribution in [3.05, 3.63) is 64.2 Å². The quantitative estimate of drug-likeness (QED) is 0.894. The average Bonchev–Trinajstić information content (AvgIpc) is 2.43. The van der Waals surface area contributed by atoms with E-state index in [9.17, 15) is 13.0 Å². The van der Waals surface area contributed by atoms with Crippen molar-refractivity contribution in [2.24, 2.45) is 0 Å². The number of anilines is 1. The van der Waals surface area contributed by atoms with Crippen molar-refractivity contribution in [3.63, 3.8) is 0 Å². The van der Waals surface area contributed by atoms with Gasteiger partial charge in [0.15, 0.2) is 11.6 Å². The van der Waals surface area contributed by atoms with Crippen LogP contribution in [0.3, 0.4) is 0 Å². The Kier molecular flexibility index (Phi) is 5.31. The summed E-state index contributed by atoms with van der Waals surface area (Å²) in [5, 5.41) is 3.54. The van der Waals surface area contributed by atoms with Gasteiger partial charge in [-0.2, -0.15) is 0 Å². The molecule has 21 heavy (non-hydrogen) atoms. The van der Waals surface area contributed by atoms with Crippen LogP contribution in [0.5, 0.6) is 0 Å². The molecule has 0 bridgehead atoms. The number of halogens is 3. The lowest BCUT2D eigenvalue weighted by Crippen LogP contribution is -2.04. The summed E-state index contributed by atoms with van der Waals surface area (Å²) in [5.41, 5.74) is 1.70. The summed E-state index contributed by atoms with van der Waals surface area (Å²) in [6.07, 6.45) is 1.60. The largest absolute Gasteiger partial charge is 0.381 e. The smallest absolute Gasteiger partial charge is 0.163 e. The van der Waals surface area contributed by atoms with Crippen LogP contribution in [0.1, 0.15) is 11.1 Å². The molecule has 2 aromatic rings. The molecule has 0 saturated carbocycles. The van der Waals surface area contributed by atoms with Gasteiger partial charge in [-0.15, -0.1) is 0 Å². The van der Waals surface area contributed by atoms with Gasteiger partial charge >= 0.3 is 0 Å². The Balaban J connectivity index is 2.13. The molecule has 0 aliphatic rings. The lowest BCUT2D eigenvalue weighted by molar-refractivity contribution is 0.500. The highest BCUT2D eigenvalue weighted by atomic mass is 35.5. The standard InChI is InChI=1S/C15H14ClF2NOS/c1-21(20)9-11-7-12(5-6-13(11)16)19-8-10-3-2-4-14(17)15(10)18/h2-7,19H,8-9H2,1H3/t21-/m1/s1. The second-order valence-electron chi connectivity index (χ2n) is 4.59. The monoisotopic (exact) mass is 329 g/mol. The van der Waals surface area contributed by atoms with Gasteiger partial charge in [0.05, 0.1) is 0 Å². The second-order valence-corrected chi connectivity index (χ2v) is 6.43. The van der Waals surface area contributed by atoms with Gasteiger partial charge in [0.1, 0.15) is 0 Å². The van der Waals surface area contributed by atoms with Crippen LogP contribution in [0.2, 0.25) is 5.02 Å². The van der Waals surface area contributed by atoms with Crippen molar-refractivity contribution >= 4 is 28.1 Å². The third-order valence-electron chi connectivity index (χ3n) is 2.92. The molecule has 0 radical (unpaired) electrons. The van der Waals surface area contributed by atoms with Crippen LogP contribution >= 0.6 is 11.6 Å². The molecule has 0 aliphatic heterocycles. The van der Waals surface area contributed by atoms with Crippen molar-refractivity contribution < 1.29 is 13.0 Å². The van der Waals surface area contributed by atoms with E-state index in [1.165, 1.54) is 12.1 Å². The molecule has 0 heterocycles. The molecule has 0 amide bonds. The van der Waals surface area contributed by atoms with E-state index in [2.05, 4.69) is 5.32 Å². The summed E-state index contributed by atoms with van der Waals surface area (Å²) in [7, 11) is -1.00. The first-order chi connectivity index (χ1) is 9.97. The number of hydrogen-bond donors (Lipinski definition) is 1. The Morgan fingerprint density at radius 1 is 1.19 bits per heavy atom. The van der Waals surface area contributed by atoms with Crippen LogP contribution in [0.4, 0.5) is 14.5 Å². The highest BCUT2D eigenvalue weighted by Gasteiger charge is 2.08. The Labute approximate surface area is 129 Å². The molecule has 0 saturated heterocycles. The first-order valence-electron chi connectivity index (χ1n) is 6.22. The van der Waals surface area contributed by atoms with Crippen molar-refractivity contribution in [1.82, 2.24) is 0 Å². The molecule has 2 aromatic carbocycles. The first-order valence-corrected chi connectivity index (χ1v) is 8.33. The number of benzene rings is 2. The van der Waals surface area contributed by atoms with Gasteiger partial charge in [-0.1, -0.05) is 23.7 Å². The fraction of sp³-hybridized carbons (Fsp3) is 0.200. The molecule has 0 aromatic heterocycles.